The lowest BCUT2D eigenvalue weighted by atomic mass is 10.1. The molecule has 0 unspecified atom stereocenters. The van der Waals surface area contributed by atoms with Crippen molar-refractivity contribution >= 4 is 10.0 Å². The van der Waals surface area contributed by atoms with Crippen LogP contribution in [0.3, 0.4) is 0 Å². The van der Waals surface area contributed by atoms with Gasteiger partial charge < -0.3 is 9.47 Å². The number of hydrogen-bond acceptors (Lipinski definition) is 5. The molecule has 0 radical (unpaired) electrons. The summed E-state index contributed by atoms with van der Waals surface area (Å²) in [6.45, 7) is 3.66. The molecular weight excluding hydrogens is 311 g/mol. The average molecular weight is 330 g/mol. The Balaban J connectivity index is 1.71. The number of nitrogens with zero attached hydrogens (tertiary/aromatic N) is 1. The molecule has 1 aromatic rings. The fourth-order valence-electron chi connectivity index (χ4n) is 2.81. The minimum absolute atomic E-state index is 0.000812. The Morgan fingerprint density at radius 2 is 1.77 bits per heavy atom. The van der Waals surface area contributed by atoms with Gasteiger partial charge >= 0.3 is 0 Å². The van der Waals surface area contributed by atoms with Gasteiger partial charge in [0.05, 0.1) is 43.4 Å². The minimum atomic E-state index is -3.69. The molecule has 3 rings (SSSR count). The van der Waals surface area contributed by atoms with Gasteiger partial charge in [0.1, 0.15) is 5.82 Å². The first kappa shape index (κ1) is 15.8. The summed E-state index contributed by atoms with van der Waals surface area (Å²) < 4.78 is 51.2. The van der Waals surface area contributed by atoms with E-state index in [0.717, 1.165) is 25.2 Å². The van der Waals surface area contributed by atoms with E-state index < -0.39 is 15.8 Å². The molecule has 122 valence electrons. The van der Waals surface area contributed by atoms with Crippen LogP contribution in [0.4, 0.5) is 4.39 Å². The monoisotopic (exact) mass is 330 g/mol. The molecule has 0 bridgehead atoms. The molecule has 0 aliphatic carbocycles. The highest BCUT2D eigenvalue weighted by Crippen LogP contribution is 2.18. The Labute approximate surface area is 129 Å². The first-order valence-corrected chi connectivity index (χ1v) is 8.72. The minimum Gasteiger partial charge on any atom is -0.379 e. The lowest BCUT2D eigenvalue weighted by Gasteiger charge is -2.34. The van der Waals surface area contributed by atoms with E-state index in [9.17, 15) is 12.8 Å². The highest BCUT2D eigenvalue weighted by molar-refractivity contribution is 7.89. The van der Waals surface area contributed by atoms with Crippen molar-refractivity contribution in [3.63, 3.8) is 0 Å². The fourth-order valence-corrected chi connectivity index (χ4v) is 4.06. The van der Waals surface area contributed by atoms with E-state index in [-0.39, 0.29) is 17.0 Å². The summed E-state index contributed by atoms with van der Waals surface area (Å²) in [7, 11) is -3.69. The Hall–Kier alpha value is -1.06. The molecule has 0 spiro atoms. The van der Waals surface area contributed by atoms with Crippen LogP contribution in [0.15, 0.2) is 29.2 Å². The predicted octanol–water partition coefficient (Wildman–Crippen LogP) is 0.204. The van der Waals surface area contributed by atoms with Gasteiger partial charge in [-0.3, -0.25) is 4.90 Å². The van der Waals surface area contributed by atoms with Gasteiger partial charge in [-0.25, -0.2) is 17.5 Å². The van der Waals surface area contributed by atoms with Gasteiger partial charge in [0.2, 0.25) is 10.0 Å². The van der Waals surface area contributed by atoms with Crippen LogP contribution >= 0.6 is 0 Å². The van der Waals surface area contributed by atoms with Crippen LogP contribution in [0.5, 0.6) is 0 Å². The Bertz CT molecular complexity index is 602. The maximum Gasteiger partial charge on any atom is 0.240 e. The summed E-state index contributed by atoms with van der Waals surface area (Å²) in [6, 6.07) is 4.49. The van der Waals surface area contributed by atoms with E-state index in [1.54, 1.807) is 0 Å². The van der Waals surface area contributed by atoms with Crippen molar-refractivity contribution in [2.45, 2.75) is 17.0 Å². The molecule has 2 atom stereocenters. The summed E-state index contributed by atoms with van der Waals surface area (Å²) in [5.74, 6) is -0.464. The summed E-state index contributed by atoms with van der Waals surface area (Å²) in [5.41, 5.74) is 0. The SMILES string of the molecule is O=S(=O)(N[C@H]1COC[C@@H]1N1CCOCC1)c1ccc(F)cc1. The van der Waals surface area contributed by atoms with Gasteiger partial charge in [-0.1, -0.05) is 0 Å². The lowest BCUT2D eigenvalue weighted by Crippen LogP contribution is -2.54. The van der Waals surface area contributed by atoms with E-state index in [0.29, 0.717) is 26.4 Å². The highest BCUT2D eigenvalue weighted by atomic mass is 32.2. The first-order valence-electron chi connectivity index (χ1n) is 7.24. The molecule has 8 heteroatoms. The predicted molar refractivity (Wildman–Crippen MR) is 77.5 cm³/mol. The van der Waals surface area contributed by atoms with Gasteiger partial charge in [-0.2, -0.15) is 0 Å². The molecule has 22 heavy (non-hydrogen) atoms. The van der Waals surface area contributed by atoms with Gasteiger partial charge in [0.25, 0.3) is 0 Å². The maximum atomic E-state index is 12.9. The molecule has 6 nitrogen and oxygen atoms in total. The van der Waals surface area contributed by atoms with Crippen molar-refractivity contribution in [1.29, 1.82) is 0 Å². The van der Waals surface area contributed by atoms with E-state index in [4.69, 9.17) is 9.47 Å². The second-order valence-electron chi connectivity index (χ2n) is 5.43. The highest BCUT2D eigenvalue weighted by Gasteiger charge is 2.36. The van der Waals surface area contributed by atoms with Crippen LogP contribution in [0, 0.1) is 5.82 Å². The number of halogens is 1. The average Bonchev–Trinajstić information content (AvgIpc) is 2.96. The van der Waals surface area contributed by atoms with Crippen molar-refractivity contribution < 1.29 is 22.3 Å². The topological polar surface area (TPSA) is 67.9 Å². The third-order valence-electron chi connectivity index (χ3n) is 4.00. The summed E-state index contributed by atoms with van der Waals surface area (Å²) >= 11 is 0. The molecule has 1 aromatic carbocycles. The van der Waals surface area contributed by atoms with Crippen molar-refractivity contribution in [3.8, 4) is 0 Å². The van der Waals surface area contributed by atoms with Gasteiger partial charge in [0, 0.05) is 13.1 Å². The summed E-state index contributed by atoms with van der Waals surface area (Å²) in [4.78, 5) is 2.25. The zero-order chi connectivity index (χ0) is 15.6. The number of nitrogens with one attached hydrogen (secondary N) is 1. The van der Waals surface area contributed by atoms with Crippen LogP contribution in [-0.4, -0.2) is 64.9 Å². The van der Waals surface area contributed by atoms with Crippen molar-refractivity contribution in [2.75, 3.05) is 39.5 Å². The van der Waals surface area contributed by atoms with E-state index in [1.807, 2.05) is 0 Å². The van der Waals surface area contributed by atoms with Crippen molar-refractivity contribution in [1.82, 2.24) is 9.62 Å². The number of hydrogen-bond donors (Lipinski definition) is 1. The first-order chi connectivity index (χ1) is 10.6. The third kappa shape index (κ3) is 3.47. The van der Waals surface area contributed by atoms with E-state index >= 15 is 0 Å². The Kier molecular flexibility index (Phi) is 4.74. The van der Waals surface area contributed by atoms with Crippen molar-refractivity contribution in [3.05, 3.63) is 30.1 Å². The Morgan fingerprint density at radius 3 is 2.45 bits per heavy atom. The third-order valence-corrected chi connectivity index (χ3v) is 5.50. The van der Waals surface area contributed by atoms with Gasteiger partial charge in [-0.05, 0) is 24.3 Å². The summed E-state index contributed by atoms with van der Waals surface area (Å²) in [5, 5.41) is 0. The lowest BCUT2D eigenvalue weighted by molar-refractivity contribution is 0.0117. The molecule has 2 saturated heterocycles. The van der Waals surface area contributed by atoms with Gasteiger partial charge in [-0.15, -0.1) is 0 Å². The normalized spacial score (nSPS) is 27.1. The standard InChI is InChI=1S/C14H19FN2O4S/c15-11-1-3-12(4-2-11)22(18,19)16-13-9-21-10-14(13)17-5-7-20-8-6-17/h1-4,13-14,16H,5-10H2/t13-,14-/m0/s1. The zero-order valence-electron chi connectivity index (χ0n) is 12.1. The van der Waals surface area contributed by atoms with Crippen LogP contribution in [-0.2, 0) is 19.5 Å². The smallest absolute Gasteiger partial charge is 0.240 e. The molecule has 0 aromatic heterocycles. The molecule has 0 amide bonds. The number of rotatable bonds is 4. The number of ether oxygens (including phenoxy) is 2. The number of sulfonamides is 1. The molecule has 2 aliphatic rings. The molecule has 2 aliphatic heterocycles. The molecular formula is C14H19FN2O4S. The summed E-state index contributed by atoms with van der Waals surface area (Å²) in [6.07, 6.45) is 0. The fraction of sp³-hybridized carbons (Fsp3) is 0.571. The number of benzene rings is 1. The molecule has 2 heterocycles. The van der Waals surface area contributed by atoms with E-state index in [1.165, 1.54) is 12.1 Å². The molecule has 0 saturated carbocycles. The maximum absolute atomic E-state index is 12.9. The quantitative estimate of drug-likeness (QED) is 0.854. The van der Waals surface area contributed by atoms with Crippen LogP contribution in [0.1, 0.15) is 0 Å². The van der Waals surface area contributed by atoms with Crippen LogP contribution in [0.2, 0.25) is 0 Å². The van der Waals surface area contributed by atoms with Crippen LogP contribution in [0.25, 0.3) is 0 Å². The van der Waals surface area contributed by atoms with Gasteiger partial charge in [0.15, 0.2) is 0 Å². The number of morpholine rings is 1. The zero-order valence-corrected chi connectivity index (χ0v) is 12.9. The Morgan fingerprint density at radius 1 is 1.09 bits per heavy atom. The second kappa shape index (κ2) is 6.59. The van der Waals surface area contributed by atoms with Crippen molar-refractivity contribution in [2.24, 2.45) is 0 Å². The molecule has 1 N–H and O–H groups in total. The largest absolute Gasteiger partial charge is 0.379 e. The second-order valence-corrected chi connectivity index (χ2v) is 7.15. The van der Waals surface area contributed by atoms with E-state index in [2.05, 4.69) is 9.62 Å². The van der Waals surface area contributed by atoms with Crippen LogP contribution < -0.4 is 4.72 Å². The molecule has 2 fully saturated rings.